The van der Waals surface area contributed by atoms with E-state index in [1.54, 1.807) is 18.2 Å². The molecule has 1 heterocycles. The predicted octanol–water partition coefficient (Wildman–Crippen LogP) is 3.38. The van der Waals surface area contributed by atoms with Crippen LogP contribution in [0.25, 0.3) is 0 Å². The summed E-state index contributed by atoms with van der Waals surface area (Å²) in [5, 5.41) is 26.3. The minimum atomic E-state index is -0.519. The zero-order valence-electron chi connectivity index (χ0n) is 15.5. The van der Waals surface area contributed by atoms with E-state index >= 15 is 0 Å². The molecule has 3 rings (SSSR count). The van der Waals surface area contributed by atoms with Gasteiger partial charge in [0.15, 0.2) is 0 Å². The predicted molar refractivity (Wildman–Crippen MR) is 120 cm³/mol. The monoisotopic (exact) mass is 480 g/mol. The number of anilines is 2. The topological polar surface area (TPSA) is 153 Å². The van der Waals surface area contributed by atoms with Crippen LogP contribution < -0.4 is 16.6 Å². The van der Waals surface area contributed by atoms with Crippen molar-refractivity contribution in [2.75, 3.05) is 22.3 Å². The van der Waals surface area contributed by atoms with Crippen LogP contribution in [0.3, 0.4) is 0 Å². The number of carbonyl (C=O) groups excluding carboxylic acids is 1. The van der Waals surface area contributed by atoms with Gasteiger partial charge in [-0.3, -0.25) is 14.9 Å². The number of nitro groups is 1. The van der Waals surface area contributed by atoms with Crippen molar-refractivity contribution >= 4 is 64.4 Å². The smallest absolute Gasteiger partial charge is 0.269 e. The molecule has 0 fully saturated rings. The van der Waals surface area contributed by atoms with Crippen LogP contribution in [0.2, 0.25) is 10.0 Å². The molecular formula is C17H14Cl2N8O3S. The molecule has 1 aromatic heterocycles. The summed E-state index contributed by atoms with van der Waals surface area (Å²) in [6.45, 7) is 0. The van der Waals surface area contributed by atoms with Crippen LogP contribution in [-0.4, -0.2) is 37.7 Å². The summed E-state index contributed by atoms with van der Waals surface area (Å²) in [5.41, 5.74) is 3.65. The molecule has 0 aliphatic heterocycles. The van der Waals surface area contributed by atoms with Gasteiger partial charge in [0, 0.05) is 28.4 Å². The molecule has 3 aromatic rings. The molecule has 14 heteroatoms. The van der Waals surface area contributed by atoms with Crippen LogP contribution >= 0.6 is 35.0 Å². The standard InChI is InChI=1S/C17H14Cl2N8O3S/c18-11-2-1-10(14(19)7-11)8-21-23-16-24-25-17(26(16)20)31-9-15(28)22-12-3-5-13(6-4-12)27(29)30/h1-8H,9,20H2,(H,22,28)(H,23,24)/b21-8+. The number of amides is 1. The van der Waals surface area contributed by atoms with Gasteiger partial charge in [-0.1, -0.05) is 41.0 Å². The molecule has 2 aromatic carbocycles. The molecule has 11 nitrogen and oxygen atoms in total. The number of hydrogen-bond acceptors (Lipinski definition) is 9. The van der Waals surface area contributed by atoms with Gasteiger partial charge in [0.05, 0.1) is 21.9 Å². The quantitative estimate of drug-likeness (QED) is 0.146. The first-order valence-corrected chi connectivity index (χ1v) is 10.2. The maximum atomic E-state index is 12.1. The maximum Gasteiger partial charge on any atom is 0.269 e. The molecule has 0 bridgehead atoms. The van der Waals surface area contributed by atoms with E-state index < -0.39 is 4.92 Å². The van der Waals surface area contributed by atoms with Crippen LogP contribution in [0.1, 0.15) is 5.56 Å². The van der Waals surface area contributed by atoms with E-state index in [4.69, 9.17) is 29.0 Å². The molecule has 0 unspecified atom stereocenters. The lowest BCUT2D eigenvalue weighted by Crippen LogP contribution is -2.16. The Hall–Kier alpha value is -3.35. The van der Waals surface area contributed by atoms with Gasteiger partial charge in [-0.25, -0.2) is 10.1 Å². The van der Waals surface area contributed by atoms with Crippen molar-refractivity contribution in [2.24, 2.45) is 5.10 Å². The normalized spacial score (nSPS) is 10.9. The highest BCUT2D eigenvalue weighted by Gasteiger charge is 2.13. The summed E-state index contributed by atoms with van der Waals surface area (Å²) in [4.78, 5) is 22.2. The number of aromatic nitrogens is 3. The van der Waals surface area contributed by atoms with Crippen LogP contribution in [0.15, 0.2) is 52.7 Å². The molecule has 31 heavy (non-hydrogen) atoms. The number of carbonyl (C=O) groups is 1. The van der Waals surface area contributed by atoms with Gasteiger partial charge < -0.3 is 11.2 Å². The third-order valence-corrected chi connectivity index (χ3v) is 5.19. The number of hydrogen-bond donors (Lipinski definition) is 3. The van der Waals surface area contributed by atoms with E-state index in [9.17, 15) is 14.9 Å². The summed E-state index contributed by atoms with van der Waals surface area (Å²) in [5.74, 6) is 5.72. The van der Waals surface area contributed by atoms with Crippen LogP contribution in [0, 0.1) is 10.1 Å². The number of nitrogens with one attached hydrogen (secondary N) is 2. The zero-order chi connectivity index (χ0) is 22.4. The average molecular weight is 481 g/mol. The number of non-ortho nitro benzene ring substituents is 1. The van der Waals surface area contributed by atoms with Crippen molar-refractivity contribution in [2.45, 2.75) is 5.16 Å². The number of thioether (sulfide) groups is 1. The molecule has 0 aliphatic rings. The third kappa shape index (κ3) is 6.07. The van der Waals surface area contributed by atoms with E-state index in [2.05, 4.69) is 26.0 Å². The molecule has 0 radical (unpaired) electrons. The van der Waals surface area contributed by atoms with Gasteiger partial charge >= 0.3 is 0 Å². The Balaban J connectivity index is 1.53. The van der Waals surface area contributed by atoms with E-state index in [1.807, 2.05) is 0 Å². The van der Waals surface area contributed by atoms with E-state index in [-0.39, 0.29) is 28.5 Å². The number of rotatable bonds is 8. The Bertz CT molecular complexity index is 1140. The fourth-order valence-corrected chi connectivity index (χ4v) is 3.32. The Morgan fingerprint density at radius 2 is 2.00 bits per heavy atom. The second-order valence-corrected chi connectivity index (χ2v) is 7.64. The van der Waals surface area contributed by atoms with Crippen molar-refractivity contribution in [1.29, 1.82) is 0 Å². The molecule has 0 atom stereocenters. The first-order chi connectivity index (χ1) is 14.8. The molecule has 0 spiro atoms. The van der Waals surface area contributed by atoms with Crippen molar-refractivity contribution in [3.8, 4) is 0 Å². The van der Waals surface area contributed by atoms with Gasteiger partial charge in [0.1, 0.15) is 0 Å². The van der Waals surface area contributed by atoms with E-state index in [0.717, 1.165) is 16.4 Å². The molecule has 0 saturated carbocycles. The molecule has 1 amide bonds. The second-order valence-electron chi connectivity index (χ2n) is 5.85. The van der Waals surface area contributed by atoms with Gasteiger partial charge in [0.25, 0.3) is 11.6 Å². The lowest BCUT2D eigenvalue weighted by Gasteiger charge is -2.05. The minimum absolute atomic E-state index is 0.00400. The Labute approximate surface area is 189 Å². The lowest BCUT2D eigenvalue weighted by atomic mass is 10.2. The molecule has 160 valence electrons. The zero-order valence-corrected chi connectivity index (χ0v) is 17.9. The van der Waals surface area contributed by atoms with Gasteiger partial charge in [-0.05, 0) is 24.3 Å². The Kier molecular flexibility index (Phi) is 7.28. The van der Waals surface area contributed by atoms with Gasteiger partial charge in [-0.15, -0.1) is 10.2 Å². The van der Waals surface area contributed by atoms with Crippen molar-refractivity contribution in [3.05, 3.63) is 68.2 Å². The number of halogens is 2. The first-order valence-electron chi connectivity index (χ1n) is 8.45. The molecule has 4 N–H and O–H groups in total. The highest BCUT2D eigenvalue weighted by Crippen LogP contribution is 2.20. The summed E-state index contributed by atoms with van der Waals surface area (Å²) in [6, 6.07) is 10.5. The lowest BCUT2D eigenvalue weighted by molar-refractivity contribution is -0.384. The fourth-order valence-electron chi connectivity index (χ4n) is 2.21. The Morgan fingerprint density at radius 3 is 2.68 bits per heavy atom. The molecule has 0 aliphatic carbocycles. The summed E-state index contributed by atoms with van der Waals surface area (Å²) in [7, 11) is 0. The first kappa shape index (κ1) is 22.3. The number of nitrogen functional groups attached to an aromatic ring is 1. The van der Waals surface area contributed by atoms with Crippen LogP contribution in [0.5, 0.6) is 0 Å². The fraction of sp³-hybridized carbons (Fsp3) is 0.0588. The average Bonchev–Trinajstić information content (AvgIpc) is 3.08. The number of hydrazone groups is 1. The molecule has 0 saturated heterocycles. The Morgan fingerprint density at radius 1 is 1.26 bits per heavy atom. The van der Waals surface area contributed by atoms with E-state index in [1.165, 1.54) is 30.5 Å². The number of nitro benzene ring substituents is 1. The highest BCUT2D eigenvalue weighted by molar-refractivity contribution is 7.99. The molecular weight excluding hydrogens is 467 g/mol. The van der Waals surface area contributed by atoms with Crippen molar-refractivity contribution < 1.29 is 9.72 Å². The second kappa shape index (κ2) is 10.1. The van der Waals surface area contributed by atoms with Gasteiger partial charge in [-0.2, -0.15) is 5.10 Å². The SMILES string of the molecule is Nn1c(N/N=C/c2ccc(Cl)cc2Cl)nnc1SCC(=O)Nc1ccc([N+](=O)[O-])cc1. The number of nitrogens with zero attached hydrogens (tertiary/aromatic N) is 5. The summed E-state index contributed by atoms with van der Waals surface area (Å²) in [6.07, 6.45) is 1.47. The third-order valence-electron chi connectivity index (χ3n) is 3.69. The minimum Gasteiger partial charge on any atom is -0.334 e. The largest absolute Gasteiger partial charge is 0.334 e. The highest BCUT2D eigenvalue weighted by atomic mass is 35.5. The van der Waals surface area contributed by atoms with Crippen molar-refractivity contribution in [1.82, 2.24) is 14.9 Å². The summed E-state index contributed by atoms with van der Waals surface area (Å²) >= 11 is 13.0. The van der Waals surface area contributed by atoms with Crippen LogP contribution in [0.4, 0.5) is 17.3 Å². The van der Waals surface area contributed by atoms with E-state index in [0.29, 0.717) is 21.3 Å². The van der Waals surface area contributed by atoms with Crippen molar-refractivity contribution in [3.63, 3.8) is 0 Å². The number of nitrogens with two attached hydrogens (primary N) is 1. The maximum absolute atomic E-state index is 12.1. The van der Waals surface area contributed by atoms with Crippen LogP contribution in [-0.2, 0) is 4.79 Å². The van der Waals surface area contributed by atoms with Gasteiger partial charge in [0.2, 0.25) is 11.1 Å². The number of benzene rings is 2. The summed E-state index contributed by atoms with van der Waals surface area (Å²) < 4.78 is 1.14.